The summed E-state index contributed by atoms with van der Waals surface area (Å²) in [6, 6.07) is 4.60. The normalized spacial score (nSPS) is 14.1. The van der Waals surface area contributed by atoms with E-state index >= 15 is 0 Å². The van der Waals surface area contributed by atoms with Gasteiger partial charge in [0.2, 0.25) is 0 Å². The van der Waals surface area contributed by atoms with Crippen LogP contribution in [-0.4, -0.2) is 6.04 Å². The summed E-state index contributed by atoms with van der Waals surface area (Å²) >= 11 is 0. The summed E-state index contributed by atoms with van der Waals surface area (Å²) in [7, 11) is 0. The first-order chi connectivity index (χ1) is 6.91. The van der Waals surface area contributed by atoms with E-state index in [1.165, 1.54) is 27.8 Å². The van der Waals surface area contributed by atoms with E-state index in [1.54, 1.807) is 0 Å². The summed E-state index contributed by atoms with van der Waals surface area (Å²) < 4.78 is 0. The van der Waals surface area contributed by atoms with Crippen LogP contribution in [0.3, 0.4) is 0 Å². The number of nitrogens with two attached hydrogens (primary N) is 1. The quantitative estimate of drug-likeness (QED) is 0.783. The van der Waals surface area contributed by atoms with Gasteiger partial charge in [0, 0.05) is 6.04 Å². The van der Waals surface area contributed by atoms with Crippen LogP contribution in [0.4, 0.5) is 0 Å². The molecule has 15 heavy (non-hydrogen) atoms. The van der Waals surface area contributed by atoms with Gasteiger partial charge in [0.1, 0.15) is 0 Å². The zero-order chi connectivity index (χ0) is 11.6. The Labute approximate surface area is 93.0 Å². The molecule has 1 nitrogen and oxygen atoms in total. The number of hydrogen-bond donors (Lipinski definition) is 1. The zero-order valence-corrected chi connectivity index (χ0v) is 10.4. The summed E-state index contributed by atoms with van der Waals surface area (Å²) in [6.07, 6.45) is 2.19. The van der Waals surface area contributed by atoms with Crippen molar-refractivity contribution >= 4 is 6.08 Å². The lowest BCUT2D eigenvalue weighted by Crippen LogP contribution is -2.15. The van der Waals surface area contributed by atoms with E-state index in [9.17, 15) is 0 Å². The molecule has 1 aromatic carbocycles. The van der Waals surface area contributed by atoms with E-state index in [1.807, 2.05) is 6.92 Å². The van der Waals surface area contributed by atoms with Crippen LogP contribution in [0.5, 0.6) is 0 Å². The summed E-state index contributed by atoms with van der Waals surface area (Å²) in [5, 5.41) is 0. The highest BCUT2D eigenvalue weighted by Crippen LogP contribution is 2.18. The Morgan fingerprint density at radius 3 is 2.20 bits per heavy atom. The molecule has 1 rings (SSSR count). The van der Waals surface area contributed by atoms with Crippen LogP contribution in [0.25, 0.3) is 6.08 Å². The van der Waals surface area contributed by atoms with Crippen LogP contribution in [0.15, 0.2) is 17.7 Å². The lowest BCUT2D eigenvalue weighted by molar-refractivity contribution is 0.868. The largest absolute Gasteiger partial charge is 0.324 e. The smallest absolute Gasteiger partial charge is 0.0225 e. The fourth-order valence-electron chi connectivity index (χ4n) is 1.52. The van der Waals surface area contributed by atoms with Gasteiger partial charge in [0.05, 0.1) is 0 Å². The van der Waals surface area contributed by atoms with Crippen molar-refractivity contribution in [1.82, 2.24) is 0 Å². The van der Waals surface area contributed by atoms with Gasteiger partial charge in [-0.1, -0.05) is 23.8 Å². The van der Waals surface area contributed by atoms with Gasteiger partial charge in [-0.15, -0.1) is 0 Å². The van der Waals surface area contributed by atoms with Crippen LogP contribution in [0, 0.1) is 20.8 Å². The maximum Gasteiger partial charge on any atom is 0.0225 e. The average molecular weight is 203 g/mol. The van der Waals surface area contributed by atoms with Crippen LogP contribution in [0.2, 0.25) is 0 Å². The zero-order valence-electron chi connectivity index (χ0n) is 10.4. The van der Waals surface area contributed by atoms with Crippen molar-refractivity contribution in [2.75, 3.05) is 0 Å². The average Bonchev–Trinajstić information content (AvgIpc) is 2.13. The topological polar surface area (TPSA) is 26.0 Å². The van der Waals surface area contributed by atoms with Crippen molar-refractivity contribution in [3.8, 4) is 0 Å². The van der Waals surface area contributed by atoms with E-state index < -0.39 is 0 Å². The van der Waals surface area contributed by atoms with Crippen molar-refractivity contribution in [2.45, 2.75) is 40.7 Å². The van der Waals surface area contributed by atoms with Gasteiger partial charge in [-0.3, -0.25) is 0 Å². The molecular weight excluding hydrogens is 182 g/mol. The van der Waals surface area contributed by atoms with Crippen LogP contribution in [0.1, 0.15) is 36.1 Å². The first kappa shape index (κ1) is 12.0. The number of rotatable bonds is 2. The predicted octanol–water partition coefficient (Wildman–Crippen LogP) is 3.36. The SMILES string of the molecule is C/C(=C\c1cc(C)c(C)cc1C)C(C)N. The van der Waals surface area contributed by atoms with Crippen LogP contribution >= 0.6 is 0 Å². The maximum atomic E-state index is 5.83. The minimum atomic E-state index is 0.131. The molecule has 0 radical (unpaired) electrons. The monoisotopic (exact) mass is 203 g/mol. The molecular formula is C14H21N. The molecule has 0 spiro atoms. The minimum absolute atomic E-state index is 0.131. The summed E-state index contributed by atoms with van der Waals surface area (Å²) in [4.78, 5) is 0. The van der Waals surface area contributed by atoms with E-state index in [0.717, 1.165) is 0 Å². The number of aryl methyl sites for hydroxylation is 3. The molecule has 0 aliphatic carbocycles. The Balaban J connectivity index is 3.16. The minimum Gasteiger partial charge on any atom is -0.324 e. The van der Waals surface area contributed by atoms with Gasteiger partial charge in [-0.25, -0.2) is 0 Å². The molecule has 0 bridgehead atoms. The molecule has 1 heteroatoms. The predicted molar refractivity (Wildman–Crippen MR) is 68.0 cm³/mol. The third-order valence-electron chi connectivity index (χ3n) is 2.98. The van der Waals surface area contributed by atoms with Crippen molar-refractivity contribution < 1.29 is 0 Å². The molecule has 0 heterocycles. The fourth-order valence-corrected chi connectivity index (χ4v) is 1.52. The second-order valence-electron chi connectivity index (χ2n) is 4.47. The van der Waals surface area contributed by atoms with Gasteiger partial charge < -0.3 is 5.73 Å². The maximum absolute atomic E-state index is 5.83. The summed E-state index contributed by atoms with van der Waals surface area (Å²) in [6.45, 7) is 10.5. The van der Waals surface area contributed by atoms with E-state index in [4.69, 9.17) is 5.73 Å². The molecule has 0 aromatic heterocycles. The van der Waals surface area contributed by atoms with Crippen molar-refractivity contribution in [3.05, 3.63) is 40.0 Å². The Bertz CT molecular complexity index is 387. The third-order valence-corrected chi connectivity index (χ3v) is 2.98. The highest BCUT2D eigenvalue weighted by molar-refractivity contribution is 5.59. The summed E-state index contributed by atoms with van der Waals surface area (Å²) in [5.41, 5.74) is 12.3. The Morgan fingerprint density at radius 2 is 1.67 bits per heavy atom. The highest BCUT2D eigenvalue weighted by Gasteiger charge is 2.02. The molecule has 2 N–H and O–H groups in total. The van der Waals surface area contributed by atoms with Gasteiger partial charge >= 0.3 is 0 Å². The second kappa shape index (κ2) is 4.63. The van der Waals surface area contributed by atoms with Crippen molar-refractivity contribution in [1.29, 1.82) is 0 Å². The van der Waals surface area contributed by atoms with Crippen molar-refractivity contribution in [2.24, 2.45) is 5.73 Å². The Kier molecular flexibility index (Phi) is 3.70. The molecule has 0 saturated heterocycles. The number of hydrogen-bond acceptors (Lipinski definition) is 1. The van der Waals surface area contributed by atoms with Gasteiger partial charge in [-0.05, 0) is 56.9 Å². The Hall–Kier alpha value is -1.08. The lowest BCUT2D eigenvalue weighted by Gasteiger charge is -2.09. The molecule has 1 unspecified atom stereocenters. The van der Waals surface area contributed by atoms with E-state index in [2.05, 4.69) is 45.9 Å². The van der Waals surface area contributed by atoms with E-state index in [-0.39, 0.29) is 6.04 Å². The van der Waals surface area contributed by atoms with E-state index in [0.29, 0.717) is 0 Å². The molecule has 1 aromatic rings. The molecule has 0 amide bonds. The second-order valence-corrected chi connectivity index (χ2v) is 4.47. The van der Waals surface area contributed by atoms with Gasteiger partial charge in [-0.2, -0.15) is 0 Å². The standard InChI is InChI=1S/C14H21N/c1-9-6-12(4)14(7-10(9)2)8-11(3)13(5)15/h6-8,13H,15H2,1-5H3/b11-8+. The molecule has 0 aliphatic rings. The fraction of sp³-hybridized carbons (Fsp3) is 0.429. The highest BCUT2D eigenvalue weighted by atomic mass is 14.6. The molecule has 0 saturated carbocycles. The molecule has 0 fully saturated rings. The van der Waals surface area contributed by atoms with Crippen LogP contribution in [-0.2, 0) is 0 Å². The van der Waals surface area contributed by atoms with Gasteiger partial charge in [0.25, 0.3) is 0 Å². The molecule has 1 atom stereocenters. The molecule has 0 aliphatic heterocycles. The molecule has 82 valence electrons. The summed E-state index contributed by atoms with van der Waals surface area (Å²) in [5.74, 6) is 0. The van der Waals surface area contributed by atoms with Gasteiger partial charge in [0.15, 0.2) is 0 Å². The van der Waals surface area contributed by atoms with Crippen LogP contribution < -0.4 is 5.73 Å². The van der Waals surface area contributed by atoms with Crippen molar-refractivity contribution in [3.63, 3.8) is 0 Å². The first-order valence-corrected chi connectivity index (χ1v) is 5.43. The lowest BCUT2D eigenvalue weighted by atomic mass is 9.98. The third kappa shape index (κ3) is 2.93. The number of benzene rings is 1. The Morgan fingerprint density at radius 1 is 1.13 bits per heavy atom. The first-order valence-electron chi connectivity index (χ1n) is 5.43.